The third-order valence-electron chi connectivity index (χ3n) is 3.34. The molecule has 1 saturated heterocycles. The van der Waals surface area contributed by atoms with Crippen LogP contribution in [0.1, 0.15) is 30.1 Å². The summed E-state index contributed by atoms with van der Waals surface area (Å²) in [5.41, 5.74) is 0.297. The summed E-state index contributed by atoms with van der Waals surface area (Å²) in [6.45, 7) is 2.00. The lowest BCUT2D eigenvalue weighted by atomic mass is 10.1. The van der Waals surface area contributed by atoms with E-state index in [2.05, 4.69) is 15.9 Å². The van der Waals surface area contributed by atoms with Gasteiger partial charge in [-0.2, -0.15) is 0 Å². The third kappa shape index (κ3) is 3.35. The number of phenolic OH excluding ortho intramolecular Hbond substituents is 1. The maximum Gasteiger partial charge on any atom is 0.327 e. The lowest BCUT2D eigenvalue weighted by Gasteiger charge is -2.27. The highest BCUT2D eigenvalue weighted by atomic mass is 79.9. The largest absolute Gasteiger partial charge is 0.507 e. The summed E-state index contributed by atoms with van der Waals surface area (Å²) in [7, 11) is 0. The maximum absolute atomic E-state index is 12.6. The normalized spacial score (nSPS) is 21.5. The highest BCUT2D eigenvalue weighted by Crippen LogP contribution is 2.34. The molecule has 1 fully saturated rings. The lowest BCUT2D eigenvalue weighted by Crippen LogP contribution is -2.45. The van der Waals surface area contributed by atoms with E-state index in [9.17, 15) is 19.8 Å². The van der Waals surface area contributed by atoms with Crippen LogP contribution in [-0.4, -0.2) is 44.2 Å². The number of carbonyl (C=O) groups is 2. The van der Waals surface area contributed by atoms with E-state index in [1.54, 1.807) is 12.1 Å². The molecule has 0 aliphatic carbocycles. The fourth-order valence-electron chi connectivity index (χ4n) is 2.29. The monoisotopic (exact) mass is 373 g/mol. The molecule has 0 bridgehead atoms. The predicted octanol–water partition coefficient (Wildman–Crippen LogP) is 2.92. The van der Waals surface area contributed by atoms with Crippen LogP contribution >= 0.6 is 27.7 Å². The number of hydrogen-bond donors (Lipinski definition) is 2. The fraction of sp³-hybridized carbons (Fsp3) is 0.429. The zero-order valence-electron chi connectivity index (χ0n) is 11.5. The number of thioether (sulfide) groups is 1. The van der Waals surface area contributed by atoms with E-state index in [0.717, 1.165) is 12.8 Å². The van der Waals surface area contributed by atoms with E-state index in [4.69, 9.17) is 0 Å². The highest BCUT2D eigenvalue weighted by molar-refractivity contribution is 9.10. The van der Waals surface area contributed by atoms with Crippen LogP contribution in [0.2, 0.25) is 0 Å². The molecule has 1 amide bonds. The van der Waals surface area contributed by atoms with E-state index in [-0.39, 0.29) is 17.0 Å². The van der Waals surface area contributed by atoms with Crippen molar-refractivity contribution in [1.29, 1.82) is 0 Å². The number of aliphatic carboxylic acids is 1. The molecule has 21 heavy (non-hydrogen) atoms. The van der Waals surface area contributed by atoms with Crippen molar-refractivity contribution in [3.8, 4) is 5.75 Å². The smallest absolute Gasteiger partial charge is 0.327 e. The molecule has 2 N–H and O–H groups in total. The van der Waals surface area contributed by atoms with Crippen LogP contribution in [0.4, 0.5) is 0 Å². The number of carbonyl (C=O) groups excluding carboxylic acids is 1. The summed E-state index contributed by atoms with van der Waals surface area (Å²) in [5, 5.41) is 18.9. The van der Waals surface area contributed by atoms with Gasteiger partial charge >= 0.3 is 5.97 Å². The number of hydrogen-bond acceptors (Lipinski definition) is 4. The number of carboxylic acids is 1. The maximum atomic E-state index is 12.6. The van der Waals surface area contributed by atoms with Crippen LogP contribution in [0.15, 0.2) is 22.7 Å². The van der Waals surface area contributed by atoms with Gasteiger partial charge < -0.3 is 15.1 Å². The zero-order valence-corrected chi connectivity index (χ0v) is 13.9. The summed E-state index contributed by atoms with van der Waals surface area (Å²) in [4.78, 5) is 25.4. The Balaban J connectivity index is 2.31. The average molecular weight is 374 g/mol. The van der Waals surface area contributed by atoms with Crippen LogP contribution in [0, 0.1) is 0 Å². The predicted molar refractivity (Wildman–Crippen MR) is 84.6 cm³/mol. The van der Waals surface area contributed by atoms with E-state index in [1.165, 1.54) is 22.7 Å². The molecule has 2 rings (SSSR count). The first-order chi connectivity index (χ1) is 9.95. The van der Waals surface area contributed by atoms with Crippen LogP contribution in [0.25, 0.3) is 0 Å². The Kier molecular flexibility index (Phi) is 5.16. The number of benzene rings is 1. The third-order valence-corrected chi connectivity index (χ3v) is 5.37. The van der Waals surface area contributed by atoms with Crippen molar-refractivity contribution in [3.05, 3.63) is 28.2 Å². The van der Waals surface area contributed by atoms with Gasteiger partial charge in [0, 0.05) is 11.3 Å². The van der Waals surface area contributed by atoms with Gasteiger partial charge in [-0.05, 0) is 40.5 Å². The Hall–Kier alpha value is -1.21. The minimum absolute atomic E-state index is 0.0355. The summed E-state index contributed by atoms with van der Waals surface area (Å²) >= 11 is 4.66. The quantitative estimate of drug-likeness (QED) is 0.848. The molecule has 1 aliphatic heterocycles. The molecule has 1 aliphatic rings. The number of carboxylic acid groups (broad SMARTS) is 1. The van der Waals surface area contributed by atoms with Gasteiger partial charge in [-0.3, -0.25) is 4.79 Å². The molecule has 0 radical (unpaired) electrons. The van der Waals surface area contributed by atoms with Crippen molar-refractivity contribution in [1.82, 2.24) is 4.90 Å². The second kappa shape index (κ2) is 6.70. The van der Waals surface area contributed by atoms with E-state index in [1.807, 2.05) is 6.92 Å². The van der Waals surface area contributed by atoms with Crippen molar-refractivity contribution in [2.24, 2.45) is 0 Å². The van der Waals surface area contributed by atoms with Gasteiger partial charge in [-0.25, -0.2) is 4.79 Å². The van der Waals surface area contributed by atoms with E-state index in [0.29, 0.717) is 15.8 Å². The summed E-state index contributed by atoms with van der Waals surface area (Å²) < 4.78 is 0.495. The average Bonchev–Trinajstić information content (AvgIpc) is 2.85. The molecule has 0 aromatic heterocycles. The van der Waals surface area contributed by atoms with Crippen LogP contribution < -0.4 is 0 Å². The first kappa shape index (κ1) is 16.2. The molecule has 2 atom stereocenters. The molecule has 7 heteroatoms. The Morgan fingerprint density at radius 3 is 2.76 bits per heavy atom. The summed E-state index contributed by atoms with van der Waals surface area (Å²) in [6, 6.07) is 3.70. The first-order valence-electron chi connectivity index (χ1n) is 6.61. The highest BCUT2D eigenvalue weighted by Gasteiger charge is 2.41. The van der Waals surface area contributed by atoms with Gasteiger partial charge in [0.2, 0.25) is 0 Å². The number of nitrogens with zero attached hydrogens (tertiary/aromatic N) is 1. The topological polar surface area (TPSA) is 77.8 Å². The fourth-order valence-corrected chi connectivity index (χ4v) is 4.05. The Morgan fingerprint density at radius 1 is 1.48 bits per heavy atom. The Labute approximate surface area is 135 Å². The van der Waals surface area contributed by atoms with Crippen LogP contribution in [0.5, 0.6) is 5.75 Å². The molecule has 0 spiro atoms. The lowest BCUT2D eigenvalue weighted by molar-refractivity contribution is -0.141. The molecule has 114 valence electrons. The van der Waals surface area contributed by atoms with Crippen molar-refractivity contribution < 1.29 is 19.8 Å². The number of rotatable bonds is 4. The molecule has 1 heterocycles. The van der Waals surface area contributed by atoms with Gasteiger partial charge in [-0.15, -0.1) is 11.8 Å². The second-order valence-electron chi connectivity index (χ2n) is 4.81. The van der Waals surface area contributed by atoms with Crippen molar-refractivity contribution in [2.45, 2.75) is 31.2 Å². The minimum atomic E-state index is -0.990. The molecular weight excluding hydrogens is 358 g/mol. The Morgan fingerprint density at radius 2 is 2.19 bits per heavy atom. The molecule has 1 aromatic rings. The molecular formula is C14H16BrNO4S. The van der Waals surface area contributed by atoms with Gasteiger partial charge in [0.1, 0.15) is 11.8 Å². The molecule has 1 aromatic carbocycles. The second-order valence-corrected chi connectivity index (χ2v) is 6.87. The molecule has 2 unspecified atom stereocenters. The van der Waals surface area contributed by atoms with Crippen molar-refractivity contribution in [2.75, 3.05) is 5.75 Å². The van der Waals surface area contributed by atoms with Crippen molar-refractivity contribution in [3.63, 3.8) is 0 Å². The van der Waals surface area contributed by atoms with Gasteiger partial charge in [0.25, 0.3) is 5.91 Å². The number of halogens is 1. The minimum Gasteiger partial charge on any atom is -0.507 e. The van der Waals surface area contributed by atoms with Crippen LogP contribution in [-0.2, 0) is 4.79 Å². The van der Waals surface area contributed by atoms with Crippen LogP contribution in [0.3, 0.4) is 0 Å². The molecule has 5 nitrogen and oxygen atoms in total. The standard InChI is InChI=1S/C14H16BrNO4S/c1-2-3-12-16(10(7-21-12)14(19)20)13(18)8-4-5-9(15)11(17)6-8/h4-6,10,12,17H,2-3,7H2,1H3,(H,19,20). The van der Waals surface area contributed by atoms with Gasteiger partial charge in [-0.1, -0.05) is 13.3 Å². The Bertz CT molecular complexity index is 566. The number of amides is 1. The number of aromatic hydroxyl groups is 1. The van der Waals surface area contributed by atoms with E-state index >= 15 is 0 Å². The zero-order chi connectivity index (χ0) is 15.6. The number of phenols is 1. The SMILES string of the molecule is CCCC1SCC(C(=O)O)N1C(=O)c1ccc(Br)c(O)c1. The van der Waals surface area contributed by atoms with Gasteiger partial charge in [0.15, 0.2) is 0 Å². The van der Waals surface area contributed by atoms with Crippen molar-refractivity contribution >= 4 is 39.6 Å². The van der Waals surface area contributed by atoms with E-state index < -0.39 is 12.0 Å². The first-order valence-corrected chi connectivity index (χ1v) is 8.45. The molecule has 0 saturated carbocycles. The summed E-state index contributed by atoms with van der Waals surface area (Å²) in [5.74, 6) is -0.982. The summed E-state index contributed by atoms with van der Waals surface area (Å²) in [6.07, 6.45) is 1.63. The van der Waals surface area contributed by atoms with Gasteiger partial charge in [0.05, 0.1) is 9.85 Å².